The molecule has 22 heavy (non-hydrogen) atoms. The maximum Gasteiger partial charge on any atom is 0.152 e. The highest BCUT2D eigenvalue weighted by Crippen LogP contribution is 2.29. The van der Waals surface area contributed by atoms with Gasteiger partial charge in [-0.3, -0.25) is 0 Å². The van der Waals surface area contributed by atoms with E-state index in [4.69, 9.17) is 16.2 Å². The molecule has 0 spiro atoms. The van der Waals surface area contributed by atoms with Gasteiger partial charge in [0.25, 0.3) is 0 Å². The molecule has 3 heterocycles. The Labute approximate surface area is 129 Å². The van der Waals surface area contributed by atoms with Gasteiger partial charge in [-0.05, 0) is 19.0 Å². The van der Waals surface area contributed by atoms with Gasteiger partial charge in [0.2, 0.25) is 0 Å². The molecule has 116 valence electrons. The molecule has 3 aromatic rings. The van der Waals surface area contributed by atoms with Crippen LogP contribution < -0.4 is 11.5 Å². The molecule has 6 nitrogen and oxygen atoms in total. The summed E-state index contributed by atoms with van der Waals surface area (Å²) in [6.45, 7) is 4.96. The summed E-state index contributed by atoms with van der Waals surface area (Å²) in [7, 11) is 0. The summed E-state index contributed by atoms with van der Waals surface area (Å²) < 4.78 is 7.63. The van der Waals surface area contributed by atoms with E-state index in [1.807, 2.05) is 18.2 Å². The van der Waals surface area contributed by atoms with Crippen molar-refractivity contribution in [1.29, 1.82) is 0 Å². The van der Waals surface area contributed by atoms with Gasteiger partial charge in [0.1, 0.15) is 17.9 Å². The lowest BCUT2D eigenvalue weighted by molar-refractivity contribution is 0.0831. The molecule has 0 bridgehead atoms. The molecule has 1 aliphatic rings. The summed E-state index contributed by atoms with van der Waals surface area (Å²) in [6.07, 6.45) is 1.10. The highest BCUT2D eigenvalue weighted by Gasteiger charge is 2.19. The number of hydrogen-bond donors (Lipinski definition) is 2. The van der Waals surface area contributed by atoms with Crippen LogP contribution >= 0.6 is 0 Å². The molecule has 0 unspecified atom stereocenters. The van der Waals surface area contributed by atoms with Crippen LogP contribution in [0.15, 0.2) is 24.3 Å². The zero-order valence-electron chi connectivity index (χ0n) is 12.7. The largest absolute Gasteiger partial charge is 0.382 e. The molecule has 0 radical (unpaired) electrons. The quantitative estimate of drug-likeness (QED) is 0.717. The van der Waals surface area contributed by atoms with Crippen LogP contribution in [0.25, 0.3) is 21.9 Å². The number of rotatable bonds is 1. The molecular weight excluding hydrogens is 278 g/mol. The second-order valence-corrected chi connectivity index (χ2v) is 5.23. The van der Waals surface area contributed by atoms with Crippen LogP contribution in [0.1, 0.15) is 19.2 Å². The Morgan fingerprint density at radius 2 is 2.05 bits per heavy atom. The molecule has 4 rings (SSSR count). The van der Waals surface area contributed by atoms with E-state index in [0.29, 0.717) is 12.4 Å². The van der Waals surface area contributed by atoms with Gasteiger partial charge < -0.3 is 20.8 Å². The fourth-order valence-corrected chi connectivity index (χ4v) is 2.58. The number of fused-ring (bicyclic) bond motifs is 5. The normalized spacial score (nSPS) is 13.7. The maximum atomic E-state index is 6.01. The minimum atomic E-state index is 0.491. The SMILES string of the molecule is CCCN.Nc1nc2ccccc2c2c1nc1n2CCOC1. The minimum Gasteiger partial charge on any atom is -0.382 e. The zero-order chi connectivity index (χ0) is 15.5. The Morgan fingerprint density at radius 3 is 2.82 bits per heavy atom. The van der Waals surface area contributed by atoms with E-state index in [1.165, 1.54) is 0 Å². The van der Waals surface area contributed by atoms with Gasteiger partial charge in [0.15, 0.2) is 5.82 Å². The number of pyridine rings is 1. The van der Waals surface area contributed by atoms with Crippen molar-refractivity contribution in [1.82, 2.24) is 14.5 Å². The maximum absolute atomic E-state index is 6.01. The topological polar surface area (TPSA) is 92.0 Å². The second-order valence-electron chi connectivity index (χ2n) is 5.23. The Morgan fingerprint density at radius 1 is 1.27 bits per heavy atom. The molecule has 0 aliphatic carbocycles. The lowest BCUT2D eigenvalue weighted by atomic mass is 10.2. The first kappa shape index (κ1) is 14.7. The molecule has 4 N–H and O–H groups in total. The smallest absolute Gasteiger partial charge is 0.152 e. The first-order valence-corrected chi connectivity index (χ1v) is 7.57. The molecule has 0 saturated carbocycles. The minimum absolute atomic E-state index is 0.491. The predicted octanol–water partition coefficient (Wildman–Crippen LogP) is 2.05. The molecular formula is C16H21N5O. The van der Waals surface area contributed by atoms with E-state index in [-0.39, 0.29) is 0 Å². The van der Waals surface area contributed by atoms with Gasteiger partial charge in [0.05, 0.1) is 17.6 Å². The summed E-state index contributed by atoms with van der Waals surface area (Å²) >= 11 is 0. The number of nitrogen functional groups attached to an aromatic ring is 1. The molecule has 1 aliphatic heterocycles. The number of aromatic nitrogens is 3. The molecule has 0 saturated heterocycles. The number of anilines is 1. The average Bonchev–Trinajstić information content (AvgIpc) is 2.96. The number of nitrogens with two attached hydrogens (primary N) is 2. The van der Waals surface area contributed by atoms with Crippen LogP contribution in [0.3, 0.4) is 0 Å². The van der Waals surface area contributed by atoms with Gasteiger partial charge >= 0.3 is 0 Å². The summed E-state index contributed by atoms with van der Waals surface area (Å²) in [6, 6.07) is 8.02. The fourth-order valence-electron chi connectivity index (χ4n) is 2.58. The van der Waals surface area contributed by atoms with Crippen LogP contribution in [-0.4, -0.2) is 27.7 Å². The third kappa shape index (κ3) is 2.51. The Bertz CT molecular complexity index is 794. The molecule has 0 amide bonds. The summed E-state index contributed by atoms with van der Waals surface area (Å²) in [5.41, 5.74) is 13.8. The first-order chi connectivity index (χ1) is 10.8. The lowest BCUT2D eigenvalue weighted by Gasteiger charge is -2.15. The number of para-hydroxylation sites is 1. The van der Waals surface area contributed by atoms with Crippen molar-refractivity contribution < 1.29 is 4.74 Å². The lowest BCUT2D eigenvalue weighted by Crippen LogP contribution is -2.16. The highest BCUT2D eigenvalue weighted by molar-refractivity contribution is 6.06. The van der Waals surface area contributed by atoms with Gasteiger partial charge in [-0.1, -0.05) is 25.1 Å². The summed E-state index contributed by atoms with van der Waals surface area (Å²) in [5, 5.41) is 1.10. The molecule has 6 heteroatoms. The van der Waals surface area contributed by atoms with E-state index in [2.05, 4.69) is 27.5 Å². The fraction of sp³-hybridized carbons (Fsp3) is 0.375. The third-order valence-corrected chi connectivity index (χ3v) is 3.67. The van der Waals surface area contributed by atoms with Crippen LogP contribution in [0.5, 0.6) is 0 Å². The predicted molar refractivity (Wildman–Crippen MR) is 88.4 cm³/mol. The van der Waals surface area contributed by atoms with E-state index in [0.717, 1.165) is 53.9 Å². The van der Waals surface area contributed by atoms with Crippen molar-refractivity contribution in [2.45, 2.75) is 26.5 Å². The number of nitrogens with zero attached hydrogens (tertiary/aromatic N) is 3. The van der Waals surface area contributed by atoms with Gasteiger partial charge in [-0.2, -0.15) is 0 Å². The van der Waals surface area contributed by atoms with E-state index in [9.17, 15) is 0 Å². The van der Waals surface area contributed by atoms with Crippen molar-refractivity contribution >= 4 is 27.8 Å². The zero-order valence-corrected chi connectivity index (χ0v) is 12.7. The van der Waals surface area contributed by atoms with Crippen LogP contribution in [0, 0.1) is 0 Å². The van der Waals surface area contributed by atoms with Crippen molar-refractivity contribution in [2.24, 2.45) is 5.73 Å². The average molecular weight is 299 g/mol. The Hall–Kier alpha value is -2.18. The molecule has 0 fully saturated rings. The van der Waals surface area contributed by atoms with E-state index < -0.39 is 0 Å². The van der Waals surface area contributed by atoms with Gasteiger partial charge in [-0.15, -0.1) is 0 Å². The van der Waals surface area contributed by atoms with E-state index >= 15 is 0 Å². The standard InChI is InChI=1S/C13H12N4O.C3H9N/c14-13-11-12(8-3-1-2-4-9(8)15-13)17-5-6-18-7-10(17)16-11;1-2-3-4/h1-4H,5-7H2,(H2,14,15);2-4H2,1H3. The van der Waals surface area contributed by atoms with Crippen molar-refractivity contribution in [3.05, 3.63) is 30.1 Å². The molecule has 2 aromatic heterocycles. The van der Waals surface area contributed by atoms with Crippen molar-refractivity contribution in [3.63, 3.8) is 0 Å². The first-order valence-electron chi connectivity index (χ1n) is 7.57. The monoisotopic (exact) mass is 299 g/mol. The van der Waals surface area contributed by atoms with Gasteiger partial charge in [-0.25, -0.2) is 9.97 Å². The molecule has 0 atom stereocenters. The highest BCUT2D eigenvalue weighted by atomic mass is 16.5. The van der Waals surface area contributed by atoms with E-state index in [1.54, 1.807) is 0 Å². The van der Waals surface area contributed by atoms with Crippen LogP contribution in [-0.2, 0) is 17.9 Å². The second kappa shape index (κ2) is 6.29. The van der Waals surface area contributed by atoms with Gasteiger partial charge in [0, 0.05) is 11.9 Å². The van der Waals surface area contributed by atoms with Crippen LogP contribution in [0.2, 0.25) is 0 Å². The van der Waals surface area contributed by atoms with Crippen molar-refractivity contribution in [2.75, 3.05) is 18.9 Å². The summed E-state index contributed by atoms with van der Waals surface area (Å²) in [4.78, 5) is 8.96. The number of hydrogen-bond acceptors (Lipinski definition) is 5. The van der Waals surface area contributed by atoms with Crippen molar-refractivity contribution in [3.8, 4) is 0 Å². The number of benzene rings is 1. The summed E-state index contributed by atoms with van der Waals surface area (Å²) in [5.74, 6) is 1.42. The van der Waals surface area contributed by atoms with Crippen LogP contribution in [0.4, 0.5) is 5.82 Å². The Kier molecular flexibility index (Phi) is 4.22. The Balaban J connectivity index is 0.000000325. The third-order valence-electron chi connectivity index (χ3n) is 3.67. The number of imidazole rings is 1. The molecule has 1 aromatic carbocycles. The number of ether oxygens (including phenoxy) is 1.